The minimum Gasteiger partial charge on any atom is -0.493 e. The molecule has 0 atom stereocenters. The van der Waals surface area contributed by atoms with E-state index in [1.165, 1.54) is 25.3 Å². The van der Waals surface area contributed by atoms with Gasteiger partial charge in [-0.05, 0) is 24.6 Å². The van der Waals surface area contributed by atoms with Crippen LogP contribution in [-0.4, -0.2) is 38.6 Å². The lowest BCUT2D eigenvalue weighted by Gasteiger charge is -2.11. The molecule has 0 radical (unpaired) electrons. The molecule has 2 N–H and O–H groups in total. The fourth-order valence-electron chi connectivity index (χ4n) is 1.73. The lowest BCUT2D eigenvalue weighted by atomic mass is 10.2. The van der Waals surface area contributed by atoms with Crippen molar-refractivity contribution in [2.75, 3.05) is 20.2 Å². The molecule has 1 rings (SSSR count). The van der Waals surface area contributed by atoms with Crippen LogP contribution in [0.1, 0.15) is 30.1 Å². The van der Waals surface area contributed by atoms with Crippen molar-refractivity contribution in [3.05, 3.63) is 23.8 Å². The Hall–Kier alpha value is -2.38. The zero-order chi connectivity index (χ0) is 17.2. The first-order valence-corrected chi connectivity index (χ1v) is 7.15. The molecule has 128 valence electrons. The van der Waals surface area contributed by atoms with Crippen LogP contribution in [0.15, 0.2) is 18.2 Å². The van der Waals surface area contributed by atoms with Gasteiger partial charge in [-0.25, -0.2) is 0 Å². The molecule has 1 aromatic carbocycles. The average molecular weight is 330 g/mol. The standard InChI is InChI=1S/C15H20F2N2O4/c1-3-4-7-18-13(20)9-19-14(21)10-5-6-11(23-15(16)17)12(8-10)22-2/h5-6,8,15H,3-4,7,9H2,1-2H3,(H,18,20)(H,19,21). The van der Waals surface area contributed by atoms with Crippen molar-refractivity contribution in [1.29, 1.82) is 0 Å². The summed E-state index contributed by atoms with van der Waals surface area (Å²) in [7, 11) is 1.27. The maximum atomic E-state index is 12.2. The largest absolute Gasteiger partial charge is 0.493 e. The number of benzene rings is 1. The van der Waals surface area contributed by atoms with Gasteiger partial charge in [0.05, 0.1) is 13.7 Å². The van der Waals surface area contributed by atoms with Gasteiger partial charge in [-0.3, -0.25) is 9.59 Å². The summed E-state index contributed by atoms with van der Waals surface area (Å²) in [6.45, 7) is -0.600. The molecule has 2 amide bonds. The average Bonchev–Trinajstić information content (AvgIpc) is 2.52. The normalized spacial score (nSPS) is 10.3. The molecule has 0 heterocycles. The molecule has 23 heavy (non-hydrogen) atoms. The fraction of sp³-hybridized carbons (Fsp3) is 0.467. The molecule has 8 heteroatoms. The second-order valence-electron chi connectivity index (χ2n) is 4.63. The second-order valence-corrected chi connectivity index (χ2v) is 4.63. The first kappa shape index (κ1) is 18.7. The molecular formula is C15H20F2N2O4. The predicted molar refractivity (Wildman–Crippen MR) is 79.9 cm³/mol. The van der Waals surface area contributed by atoms with Gasteiger partial charge in [-0.2, -0.15) is 8.78 Å². The minimum atomic E-state index is -2.99. The topological polar surface area (TPSA) is 76.7 Å². The molecule has 1 aromatic rings. The zero-order valence-electron chi connectivity index (χ0n) is 13.0. The second kappa shape index (κ2) is 9.60. The van der Waals surface area contributed by atoms with Crippen LogP contribution < -0.4 is 20.1 Å². The maximum absolute atomic E-state index is 12.2. The highest BCUT2D eigenvalue weighted by atomic mass is 19.3. The lowest BCUT2D eigenvalue weighted by Crippen LogP contribution is -2.37. The molecule has 6 nitrogen and oxygen atoms in total. The smallest absolute Gasteiger partial charge is 0.387 e. The third-order valence-corrected chi connectivity index (χ3v) is 2.90. The van der Waals surface area contributed by atoms with Crippen LogP contribution >= 0.6 is 0 Å². The fourth-order valence-corrected chi connectivity index (χ4v) is 1.73. The third-order valence-electron chi connectivity index (χ3n) is 2.90. The quantitative estimate of drug-likeness (QED) is 0.679. The van der Waals surface area contributed by atoms with Crippen molar-refractivity contribution >= 4 is 11.8 Å². The summed E-state index contributed by atoms with van der Waals surface area (Å²) in [5, 5.41) is 5.10. The molecule has 0 bridgehead atoms. The monoisotopic (exact) mass is 330 g/mol. The number of halogens is 2. The Morgan fingerprint density at radius 2 is 1.96 bits per heavy atom. The van der Waals surface area contributed by atoms with Crippen molar-refractivity contribution < 1.29 is 27.8 Å². The number of amides is 2. The summed E-state index contributed by atoms with van der Waals surface area (Å²) >= 11 is 0. The number of hydrogen-bond acceptors (Lipinski definition) is 4. The number of hydrogen-bond donors (Lipinski definition) is 2. The van der Waals surface area contributed by atoms with E-state index in [1.54, 1.807) is 0 Å². The van der Waals surface area contributed by atoms with E-state index < -0.39 is 12.5 Å². The van der Waals surface area contributed by atoms with Gasteiger partial charge in [0.25, 0.3) is 5.91 Å². The summed E-state index contributed by atoms with van der Waals surface area (Å²) in [5.74, 6) is -0.976. The van der Waals surface area contributed by atoms with E-state index in [1.807, 2.05) is 6.92 Å². The third kappa shape index (κ3) is 6.50. The summed E-state index contributed by atoms with van der Waals surface area (Å²) in [4.78, 5) is 23.4. The lowest BCUT2D eigenvalue weighted by molar-refractivity contribution is -0.120. The summed E-state index contributed by atoms with van der Waals surface area (Å²) < 4.78 is 33.6. The highest BCUT2D eigenvalue weighted by molar-refractivity contribution is 5.97. The van der Waals surface area contributed by atoms with E-state index in [0.717, 1.165) is 12.8 Å². The van der Waals surface area contributed by atoms with E-state index >= 15 is 0 Å². The van der Waals surface area contributed by atoms with Gasteiger partial charge in [0.1, 0.15) is 0 Å². The molecule has 0 aliphatic carbocycles. The zero-order valence-corrected chi connectivity index (χ0v) is 13.0. The molecule has 0 aliphatic rings. The van der Waals surface area contributed by atoms with Crippen LogP contribution in [-0.2, 0) is 4.79 Å². The molecule has 0 saturated carbocycles. The van der Waals surface area contributed by atoms with Crippen LogP contribution in [0.25, 0.3) is 0 Å². The van der Waals surface area contributed by atoms with E-state index in [2.05, 4.69) is 15.4 Å². The Morgan fingerprint density at radius 1 is 1.22 bits per heavy atom. The van der Waals surface area contributed by atoms with E-state index in [0.29, 0.717) is 6.54 Å². The first-order valence-electron chi connectivity index (χ1n) is 7.15. The molecular weight excluding hydrogens is 310 g/mol. The number of methoxy groups -OCH3 is 1. The molecule has 0 unspecified atom stereocenters. The molecule has 0 fully saturated rings. The number of alkyl halides is 2. The van der Waals surface area contributed by atoms with Gasteiger partial charge < -0.3 is 20.1 Å². The number of unbranched alkanes of at least 4 members (excludes halogenated alkanes) is 1. The van der Waals surface area contributed by atoms with Crippen LogP contribution in [0.5, 0.6) is 11.5 Å². The Morgan fingerprint density at radius 3 is 2.57 bits per heavy atom. The van der Waals surface area contributed by atoms with E-state index in [9.17, 15) is 18.4 Å². The van der Waals surface area contributed by atoms with Crippen molar-refractivity contribution in [2.24, 2.45) is 0 Å². The van der Waals surface area contributed by atoms with Gasteiger partial charge in [0, 0.05) is 12.1 Å². The van der Waals surface area contributed by atoms with Crippen molar-refractivity contribution in [2.45, 2.75) is 26.4 Å². The number of carbonyl (C=O) groups excluding carboxylic acids is 2. The Kier molecular flexibility index (Phi) is 7.79. The van der Waals surface area contributed by atoms with Crippen LogP contribution in [0.3, 0.4) is 0 Å². The van der Waals surface area contributed by atoms with Crippen LogP contribution in [0.4, 0.5) is 8.78 Å². The predicted octanol–water partition coefficient (Wildman–Crippen LogP) is 1.94. The molecule has 0 saturated heterocycles. The van der Waals surface area contributed by atoms with Crippen molar-refractivity contribution in [3.8, 4) is 11.5 Å². The van der Waals surface area contributed by atoms with E-state index in [4.69, 9.17) is 4.74 Å². The van der Waals surface area contributed by atoms with Crippen molar-refractivity contribution in [3.63, 3.8) is 0 Å². The number of nitrogens with one attached hydrogen (secondary N) is 2. The minimum absolute atomic E-state index is 0.00495. The van der Waals surface area contributed by atoms with Crippen molar-refractivity contribution in [1.82, 2.24) is 10.6 Å². The summed E-state index contributed by atoms with van der Waals surface area (Å²) in [6, 6.07) is 3.79. The summed E-state index contributed by atoms with van der Waals surface area (Å²) in [5.41, 5.74) is 0.171. The number of rotatable bonds is 9. The highest BCUT2D eigenvalue weighted by Crippen LogP contribution is 2.29. The van der Waals surface area contributed by atoms with Gasteiger partial charge in [-0.15, -0.1) is 0 Å². The Labute approximate surface area is 133 Å². The summed E-state index contributed by atoms with van der Waals surface area (Å²) in [6.07, 6.45) is 1.82. The SMILES string of the molecule is CCCCNC(=O)CNC(=O)c1ccc(OC(F)F)c(OC)c1. The first-order chi connectivity index (χ1) is 11.0. The van der Waals surface area contributed by atoms with E-state index in [-0.39, 0.29) is 29.5 Å². The van der Waals surface area contributed by atoms with Crippen LogP contribution in [0, 0.1) is 0 Å². The number of ether oxygens (including phenoxy) is 2. The Bertz CT molecular complexity index is 538. The van der Waals surface area contributed by atoms with Gasteiger partial charge >= 0.3 is 6.61 Å². The van der Waals surface area contributed by atoms with Gasteiger partial charge in [0.15, 0.2) is 11.5 Å². The maximum Gasteiger partial charge on any atom is 0.387 e. The molecule has 0 aromatic heterocycles. The molecule has 0 aliphatic heterocycles. The van der Waals surface area contributed by atoms with Crippen LogP contribution in [0.2, 0.25) is 0 Å². The molecule has 0 spiro atoms. The number of carbonyl (C=O) groups is 2. The highest BCUT2D eigenvalue weighted by Gasteiger charge is 2.14. The van der Waals surface area contributed by atoms with Gasteiger partial charge in [-0.1, -0.05) is 13.3 Å². The Balaban J connectivity index is 2.60. The van der Waals surface area contributed by atoms with Gasteiger partial charge in [0.2, 0.25) is 5.91 Å².